The maximum Gasteiger partial charge on any atom is 0.227 e. The Morgan fingerprint density at radius 3 is 2.26 bits per heavy atom. The van der Waals surface area contributed by atoms with E-state index in [1.165, 1.54) is 12.1 Å². The summed E-state index contributed by atoms with van der Waals surface area (Å²) in [6.45, 7) is 10.2. The first-order valence-corrected chi connectivity index (χ1v) is 10.7. The molecule has 6 heteroatoms. The summed E-state index contributed by atoms with van der Waals surface area (Å²) in [5, 5.41) is 4.77. The summed E-state index contributed by atoms with van der Waals surface area (Å²) in [4.78, 5) is 14.7. The van der Waals surface area contributed by atoms with Crippen LogP contribution in [0.3, 0.4) is 0 Å². The van der Waals surface area contributed by atoms with Gasteiger partial charge in [-0.05, 0) is 56.7 Å². The van der Waals surface area contributed by atoms with Crippen LogP contribution in [0.5, 0.6) is 11.6 Å². The van der Waals surface area contributed by atoms with E-state index in [9.17, 15) is 9.18 Å². The Bertz CT molecular complexity index is 1010. The molecule has 0 saturated heterocycles. The molecule has 1 aromatic heterocycles. The Balaban J connectivity index is 2.13. The van der Waals surface area contributed by atoms with Gasteiger partial charge in [0.2, 0.25) is 11.8 Å². The lowest BCUT2D eigenvalue weighted by Gasteiger charge is -2.29. The van der Waals surface area contributed by atoms with Crippen molar-refractivity contribution in [1.82, 2.24) is 14.7 Å². The van der Waals surface area contributed by atoms with Crippen LogP contribution in [0, 0.1) is 11.7 Å². The minimum absolute atomic E-state index is 0.0263. The summed E-state index contributed by atoms with van der Waals surface area (Å²) < 4.78 is 21.5. The molecular weight excluding hydrogens is 393 g/mol. The van der Waals surface area contributed by atoms with E-state index in [2.05, 4.69) is 0 Å². The lowest BCUT2D eigenvalue weighted by atomic mass is 10.1. The number of aryl methyl sites for hydroxylation is 1. The molecule has 5 nitrogen and oxygen atoms in total. The third kappa shape index (κ3) is 5.13. The minimum atomic E-state index is -0.314. The normalized spacial score (nSPS) is 11.2. The highest BCUT2D eigenvalue weighted by Gasteiger charge is 2.27. The number of ether oxygens (including phenoxy) is 1. The first kappa shape index (κ1) is 22.5. The number of hydrogen-bond donors (Lipinski definition) is 0. The van der Waals surface area contributed by atoms with Crippen LogP contribution in [-0.4, -0.2) is 26.6 Å². The molecule has 0 bridgehead atoms. The molecule has 1 amide bonds. The highest BCUT2D eigenvalue weighted by atomic mass is 19.1. The van der Waals surface area contributed by atoms with Crippen LogP contribution in [0.2, 0.25) is 0 Å². The zero-order chi connectivity index (χ0) is 22.5. The number of para-hydroxylation sites is 1. The monoisotopic (exact) mass is 423 g/mol. The average Bonchev–Trinajstić information content (AvgIpc) is 3.09. The minimum Gasteiger partial charge on any atom is -0.439 e. The third-order valence-corrected chi connectivity index (χ3v) is 5.11. The topological polar surface area (TPSA) is 47.4 Å². The molecule has 3 aromatic rings. The molecule has 1 heterocycles. The lowest BCUT2D eigenvalue weighted by molar-refractivity contribution is -0.136. The Morgan fingerprint density at radius 2 is 1.71 bits per heavy atom. The number of carbonyl (C=O) groups excluding carboxylic acids is 1. The van der Waals surface area contributed by atoms with E-state index in [-0.39, 0.29) is 23.7 Å². The van der Waals surface area contributed by atoms with Crippen molar-refractivity contribution in [3.8, 4) is 17.3 Å². The molecule has 31 heavy (non-hydrogen) atoms. The smallest absolute Gasteiger partial charge is 0.227 e. The summed E-state index contributed by atoms with van der Waals surface area (Å²) in [5.74, 6) is 0.860. The molecule has 0 atom stereocenters. The summed E-state index contributed by atoms with van der Waals surface area (Å²) >= 11 is 0. The van der Waals surface area contributed by atoms with E-state index < -0.39 is 0 Å². The first-order valence-electron chi connectivity index (χ1n) is 10.7. The van der Waals surface area contributed by atoms with Crippen molar-refractivity contribution >= 4 is 5.91 Å². The van der Waals surface area contributed by atoms with Crippen LogP contribution in [0.25, 0.3) is 5.69 Å². The van der Waals surface area contributed by atoms with Gasteiger partial charge in [0.15, 0.2) is 0 Å². The van der Waals surface area contributed by atoms with Gasteiger partial charge < -0.3 is 9.64 Å². The largest absolute Gasteiger partial charge is 0.439 e. The number of nitrogens with zero attached hydrogens (tertiary/aromatic N) is 3. The number of benzene rings is 2. The Labute approximate surface area is 183 Å². The first-order chi connectivity index (χ1) is 14.8. The fourth-order valence-corrected chi connectivity index (χ4v) is 3.40. The molecule has 0 saturated carbocycles. The van der Waals surface area contributed by atoms with Crippen molar-refractivity contribution in [2.45, 2.75) is 53.6 Å². The van der Waals surface area contributed by atoms with Gasteiger partial charge in [0, 0.05) is 12.0 Å². The quantitative estimate of drug-likeness (QED) is 0.463. The van der Waals surface area contributed by atoms with Crippen molar-refractivity contribution in [3.63, 3.8) is 0 Å². The molecule has 0 unspecified atom stereocenters. The van der Waals surface area contributed by atoms with Gasteiger partial charge in [0.1, 0.15) is 11.6 Å². The van der Waals surface area contributed by atoms with Gasteiger partial charge in [-0.15, -0.1) is 0 Å². The van der Waals surface area contributed by atoms with Gasteiger partial charge >= 0.3 is 0 Å². The molecule has 0 aliphatic rings. The molecule has 0 aliphatic carbocycles. The Hall–Kier alpha value is -3.15. The molecule has 164 valence electrons. The molecule has 0 aliphatic heterocycles. The van der Waals surface area contributed by atoms with Gasteiger partial charge in [-0.1, -0.05) is 39.0 Å². The lowest BCUT2D eigenvalue weighted by Crippen LogP contribution is -2.39. The standard InChI is InChI=1S/C25H30FN3O2/c1-6-23-22(16-28(18(4)5)24(30)17(2)3)25(31-21-10-8-7-9-11-21)29(27-23)20-14-12-19(26)13-15-20/h7-15,17-18H,6,16H2,1-5H3. The molecule has 2 aromatic carbocycles. The fourth-order valence-electron chi connectivity index (χ4n) is 3.40. The van der Waals surface area contributed by atoms with E-state index in [0.717, 1.165) is 11.3 Å². The Morgan fingerprint density at radius 1 is 1.06 bits per heavy atom. The second-order valence-corrected chi connectivity index (χ2v) is 8.10. The fraction of sp³-hybridized carbons (Fsp3) is 0.360. The van der Waals surface area contributed by atoms with Gasteiger partial charge in [0.05, 0.1) is 23.5 Å². The number of aromatic nitrogens is 2. The van der Waals surface area contributed by atoms with Crippen LogP contribution in [0.15, 0.2) is 54.6 Å². The van der Waals surface area contributed by atoms with E-state index in [1.54, 1.807) is 16.8 Å². The maximum absolute atomic E-state index is 13.5. The van der Waals surface area contributed by atoms with Gasteiger partial charge in [-0.2, -0.15) is 5.10 Å². The number of halogens is 1. The van der Waals surface area contributed by atoms with E-state index in [4.69, 9.17) is 9.84 Å². The van der Waals surface area contributed by atoms with E-state index >= 15 is 0 Å². The van der Waals surface area contributed by atoms with Crippen LogP contribution in [0.4, 0.5) is 4.39 Å². The molecule has 0 fully saturated rings. The van der Waals surface area contributed by atoms with E-state index in [1.807, 2.05) is 69.9 Å². The molecular formula is C25H30FN3O2. The zero-order valence-corrected chi connectivity index (χ0v) is 18.8. The van der Waals surface area contributed by atoms with Crippen molar-refractivity contribution in [2.75, 3.05) is 0 Å². The number of rotatable bonds is 8. The molecule has 0 N–H and O–H groups in total. The number of amides is 1. The van der Waals surface area contributed by atoms with E-state index in [0.29, 0.717) is 30.3 Å². The Kier molecular flexibility index (Phi) is 7.10. The summed E-state index contributed by atoms with van der Waals surface area (Å²) in [6, 6.07) is 15.6. The predicted octanol–water partition coefficient (Wildman–Crippen LogP) is 5.76. The SMILES string of the molecule is CCc1nn(-c2ccc(F)cc2)c(Oc2ccccc2)c1CN(C(=O)C(C)C)C(C)C. The van der Waals surface area contributed by atoms with Crippen molar-refractivity contribution in [3.05, 3.63) is 71.7 Å². The van der Waals surface area contributed by atoms with Crippen molar-refractivity contribution in [1.29, 1.82) is 0 Å². The van der Waals surface area contributed by atoms with Crippen molar-refractivity contribution in [2.24, 2.45) is 5.92 Å². The highest BCUT2D eigenvalue weighted by Crippen LogP contribution is 2.33. The summed E-state index contributed by atoms with van der Waals surface area (Å²) in [7, 11) is 0. The number of carbonyl (C=O) groups is 1. The van der Waals surface area contributed by atoms with Crippen LogP contribution in [0.1, 0.15) is 45.9 Å². The average molecular weight is 424 g/mol. The van der Waals surface area contributed by atoms with Crippen LogP contribution in [-0.2, 0) is 17.8 Å². The van der Waals surface area contributed by atoms with Crippen molar-refractivity contribution < 1.29 is 13.9 Å². The molecule has 0 radical (unpaired) electrons. The molecule has 0 spiro atoms. The van der Waals surface area contributed by atoms with Gasteiger partial charge in [0.25, 0.3) is 0 Å². The second-order valence-electron chi connectivity index (χ2n) is 8.10. The molecule has 3 rings (SSSR count). The second kappa shape index (κ2) is 9.77. The highest BCUT2D eigenvalue weighted by molar-refractivity contribution is 5.78. The van der Waals surface area contributed by atoms with Crippen LogP contribution >= 0.6 is 0 Å². The third-order valence-electron chi connectivity index (χ3n) is 5.11. The summed E-state index contributed by atoms with van der Waals surface area (Å²) in [5.41, 5.74) is 2.40. The predicted molar refractivity (Wildman–Crippen MR) is 120 cm³/mol. The summed E-state index contributed by atoms with van der Waals surface area (Å²) in [6.07, 6.45) is 0.677. The zero-order valence-electron chi connectivity index (χ0n) is 18.8. The van der Waals surface area contributed by atoms with Gasteiger partial charge in [-0.25, -0.2) is 9.07 Å². The number of hydrogen-bond acceptors (Lipinski definition) is 3. The van der Waals surface area contributed by atoms with Crippen LogP contribution < -0.4 is 4.74 Å². The maximum atomic E-state index is 13.5. The van der Waals surface area contributed by atoms with Gasteiger partial charge in [-0.3, -0.25) is 4.79 Å².